The van der Waals surface area contributed by atoms with E-state index in [-0.39, 0.29) is 4.90 Å². The van der Waals surface area contributed by atoms with Crippen LogP contribution in [0.25, 0.3) is 0 Å². The summed E-state index contributed by atoms with van der Waals surface area (Å²) < 4.78 is 28.6. The van der Waals surface area contributed by atoms with Crippen LogP contribution in [0.2, 0.25) is 0 Å². The highest BCUT2D eigenvalue weighted by Crippen LogP contribution is 2.12. The lowest BCUT2D eigenvalue weighted by atomic mass is 10.1. The average molecular weight is 327 g/mol. The van der Waals surface area contributed by atoms with E-state index in [4.69, 9.17) is 4.28 Å². The van der Waals surface area contributed by atoms with Crippen molar-refractivity contribution in [3.05, 3.63) is 29.8 Å². The van der Waals surface area contributed by atoms with Gasteiger partial charge >= 0.3 is 10.1 Å². The van der Waals surface area contributed by atoms with Gasteiger partial charge in [-0.15, -0.1) is 0 Å². The first-order chi connectivity index (χ1) is 10.6. The first-order valence-corrected chi connectivity index (χ1v) is 9.70. The van der Waals surface area contributed by atoms with Crippen molar-refractivity contribution in [2.24, 2.45) is 0 Å². The lowest BCUT2D eigenvalue weighted by molar-refractivity contribution is 0.201. The van der Waals surface area contributed by atoms with Crippen LogP contribution in [-0.2, 0) is 14.4 Å². The summed E-state index contributed by atoms with van der Waals surface area (Å²) in [5.41, 5.74) is 3.58. The van der Waals surface area contributed by atoms with Crippen molar-refractivity contribution in [3.63, 3.8) is 0 Å². The van der Waals surface area contributed by atoms with Crippen LogP contribution in [0.3, 0.4) is 0 Å². The number of unbranched alkanes of at least 4 members (excludes halogenated alkanes) is 7. The third-order valence-corrected chi connectivity index (χ3v) is 4.80. The molecular weight excluding hydrogens is 298 g/mol. The molecule has 0 unspecified atom stereocenters. The van der Waals surface area contributed by atoms with Gasteiger partial charge in [0.15, 0.2) is 0 Å². The van der Waals surface area contributed by atoms with Crippen LogP contribution in [0.5, 0.6) is 0 Å². The van der Waals surface area contributed by atoms with Gasteiger partial charge < -0.3 is 0 Å². The summed E-state index contributed by atoms with van der Waals surface area (Å²) in [6, 6.07) is 6.63. The molecule has 0 aromatic heterocycles. The molecule has 4 nitrogen and oxygen atoms in total. The maximum absolute atomic E-state index is 11.9. The Morgan fingerprint density at radius 2 is 1.45 bits per heavy atom. The summed E-state index contributed by atoms with van der Waals surface area (Å²) in [6.07, 6.45) is 9.73. The van der Waals surface area contributed by atoms with E-state index in [0.29, 0.717) is 6.54 Å². The number of rotatable bonds is 12. The summed E-state index contributed by atoms with van der Waals surface area (Å²) >= 11 is 0. The Morgan fingerprint density at radius 1 is 0.909 bits per heavy atom. The standard InChI is InChI=1S/C17H29NO3S/c1-3-4-5-6-7-8-9-10-15-18-21-22(19,20)17-13-11-16(2)12-14-17/h11-14,18H,3-10,15H2,1-2H3. The lowest BCUT2D eigenvalue weighted by Crippen LogP contribution is -2.21. The molecule has 0 atom stereocenters. The topological polar surface area (TPSA) is 55.4 Å². The molecule has 0 aliphatic rings. The Hall–Kier alpha value is -0.910. The fourth-order valence-corrected chi connectivity index (χ4v) is 3.01. The molecule has 0 bridgehead atoms. The zero-order chi connectivity index (χ0) is 16.3. The number of hydroxylamine groups is 1. The molecule has 5 heteroatoms. The van der Waals surface area contributed by atoms with Crippen LogP contribution in [0.15, 0.2) is 29.2 Å². The predicted octanol–water partition coefficient (Wildman–Crippen LogP) is 4.35. The second-order valence-corrected chi connectivity index (χ2v) is 7.27. The minimum absolute atomic E-state index is 0.182. The van der Waals surface area contributed by atoms with Gasteiger partial charge in [-0.2, -0.15) is 18.2 Å². The Labute approximate surface area is 135 Å². The Kier molecular flexibility index (Phi) is 9.36. The molecule has 1 aromatic carbocycles. The van der Waals surface area contributed by atoms with Gasteiger partial charge in [0.25, 0.3) is 0 Å². The van der Waals surface area contributed by atoms with Crippen LogP contribution in [0.4, 0.5) is 0 Å². The molecule has 0 fully saturated rings. The van der Waals surface area contributed by atoms with Crippen LogP contribution >= 0.6 is 0 Å². The maximum Gasteiger partial charge on any atom is 0.312 e. The van der Waals surface area contributed by atoms with Crippen molar-refractivity contribution in [1.82, 2.24) is 5.48 Å². The maximum atomic E-state index is 11.9. The predicted molar refractivity (Wildman–Crippen MR) is 90.1 cm³/mol. The summed E-state index contributed by atoms with van der Waals surface area (Å²) in [7, 11) is -3.70. The molecule has 1 N–H and O–H groups in total. The van der Waals surface area contributed by atoms with E-state index in [0.717, 1.165) is 18.4 Å². The van der Waals surface area contributed by atoms with E-state index in [1.54, 1.807) is 24.3 Å². The van der Waals surface area contributed by atoms with Gasteiger partial charge in [0, 0.05) is 6.54 Å². The number of aryl methyl sites for hydroxylation is 1. The monoisotopic (exact) mass is 327 g/mol. The number of nitrogens with one attached hydrogen (secondary N) is 1. The molecular formula is C17H29NO3S. The van der Waals surface area contributed by atoms with Crippen LogP contribution < -0.4 is 5.48 Å². The molecule has 0 heterocycles. The highest BCUT2D eigenvalue weighted by atomic mass is 32.2. The van der Waals surface area contributed by atoms with E-state index in [1.807, 2.05) is 6.92 Å². The molecule has 22 heavy (non-hydrogen) atoms. The number of benzene rings is 1. The van der Waals surface area contributed by atoms with E-state index in [2.05, 4.69) is 12.4 Å². The molecule has 0 radical (unpaired) electrons. The van der Waals surface area contributed by atoms with Gasteiger partial charge in [-0.3, -0.25) is 0 Å². The van der Waals surface area contributed by atoms with Gasteiger partial charge in [0.05, 0.1) is 4.90 Å². The van der Waals surface area contributed by atoms with Gasteiger partial charge in [-0.25, -0.2) is 0 Å². The zero-order valence-electron chi connectivity index (χ0n) is 13.8. The Balaban J connectivity index is 2.10. The first kappa shape index (κ1) is 19.1. The third kappa shape index (κ3) is 7.92. The molecule has 0 amide bonds. The van der Waals surface area contributed by atoms with Crippen LogP contribution in [0, 0.1) is 6.92 Å². The van der Waals surface area contributed by atoms with Gasteiger partial charge in [0.2, 0.25) is 0 Å². The van der Waals surface area contributed by atoms with E-state index in [9.17, 15) is 8.42 Å². The van der Waals surface area contributed by atoms with Gasteiger partial charge in [-0.05, 0) is 25.5 Å². The first-order valence-electron chi connectivity index (χ1n) is 8.29. The van der Waals surface area contributed by atoms with Crippen LogP contribution in [-0.4, -0.2) is 15.0 Å². The zero-order valence-corrected chi connectivity index (χ0v) is 14.6. The molecule has 1 rings (SSSR count). The van der Waals surface area contributed by atoms with E-state index >= 15 is 0 Å². The molecule has 0 aliphatic heterocycles. The molecule has 126 valence electrons. The quantitative estimate of drug-likeness (QED) is 0.458. The smallest absolute Gasteiger partial charge is 0.192 e. The van der Waals surface area contributed by atoms with E-state index < -0.39 is 10.1 Å². The highest BCUT2D eigenvalue weighted by Gasteiger charge is 2.14. The van der Waals surface area contributed by atoms with Crippen molar-refractivity contribution in [2.75, 3.05) is 6.54 Å². The van der Waals surface area contributed by atoms with Gasteiger partial charge in [0.1, 0.15) is 0 Å². The molecule has 0 spiro atoms. The van der Waals surface area contributed by atoms with Crippen LogP contribution in [0.1, 0.15) is 63.9 Å². The number of hydrogen-bond donors (Lipinski definition) is 1. The molecule has 1 aromatic rings. The fraction of sp³-hybridized carbons (Fsp3) is 0.647. The van der Waals surface area contributed by atoms with Crippen molar-refractivity contribution < 1.29 is 12.7 Å². The summed E-state index contributed by atoms with van der Waals surface area (Å²) in [4.78, 5) is 0.182. The molecule has 0 saturated heterocycles. The lowest BCUT2D eigenvalue weighted by Gasteiger charge is -2.07. The van der Waals surface area contributed by atoms with Gasteiger partial charge in [-0.1, -0.05) is 69.6 Å². The molecule has 0 aliphatic carbocycles. The van der Waals surface area contributed by atoms with E-state index in [1.165, 1.54) is 38.5 Å². The fourth-order valence-electron chi connectivity index (χ4n) is 2.20. The Morgan fingerprint density at radius 3 is 2.05 bits per heavy atom. The summed E-state index contributed by atoms with van der Waals surface area (Å²) in [5, 5.41) is 0. The average Bonchev–Trinajstić information content (AvgIpc) is 2.49. The second-order valence-electron chi connectivity index (χ2n) is 5.72. The van der Waals surface area contributed by atoms with Crippen molar-refractivity contribution in [1.29, 1.82) is 0 Å². The van der Waals surface area contributed by atoms with Crippen molar-refractivity contribution >= 4 is 10.1 Å². The minimum atomic E-state index is -3.70. The summed E-state index contributed by atoms with van der Waals surface area (Å²) in [6.45, 7) is 4.69. The normalized spacial score (nSPS) is 11.7. The minimum Gasteiger partial charge on any atom is -0.192 e. The van der Waals surface area contributed by atoms with Crippen molar-refractivity contribution in [3.8, 4) is 0 Å². The van der Waals surface area contributed by atoms with Crippen molar-refractivity contribution in [2.45, 2.75) is 70.1 Å². The summed E-state index contributed by atoms with van der Waals surface area (Å²) in [5.74, 6) is 0. The highest BCUT2D eigenvalue weighted by molar-refractivity contribution is 7.86. The second kappa shape index (κ2) is 10.8. The largest absolute Gasteiger partial charge is 0.312 e. The Bertz CT molecular complexity index is 497. The SMILES string of the molecule is CCCCCCCCCCNOS(=O)(=O)c1ccc(C)cc1. The number of hydrogen-bond acceptors (Lipinski definition) is 4. The molecule has 0 saturated carbocycles. The third-order valence-electron chi connectivity index (χ3n) is 3.61.